The van der Waals surface area contributed by atoms with Crippen LogP contribution in [0.15, 0.2) is 48.5 Å². The van der Waals surface area contributed by atoms with E-state index in [1.165, 1.54) is 24.9 Å². The average Bonchev–Trinajstić information content (AvgIpc) is 2.96. The first kappa shape index (κ1) is 34.4. The summed E-state index contributed by atoms with van der Waals surface area (Å²) in [6, 6.07) is 12.2. The highest BCUT2D eigenvalue weighted by Crippen LogP contribution is 2.18. The predicted molar refractivity (Wildman–Crippen MR) is 160 cm³/mol. The van der Waals surface area contributed by atoms with Crippen LogP contribution in [0.1, 0.15) is 58.5 Å². The Morgan fingerprint density at radius 3 is 2.12 bits per heavy atom. The molecule has 11 nitrogen and oxygen atoms in total. The number of carbonyl (C=O) groups excluding carboxylic acids is 4. The number of methoxy groups -OCH3 is 1. The number of esters is 1. The Hall–Kier alpha value is -3.77. The van der Waals surface area contributed by atoms with Gasteiger partial charge >= 0.3 is 13.0 Å². The lowest BCUT2D eigenvalue weighted by atomic mass is 9.66. The fraction of sp³-hybridized carbons (Fsp3) is 0.500. The van der Waals surface area contributed by atoms with E-state index in [1.54, 1.807) is 40.0 Å². The molecule has 0 aliphatic heterocycles. The molecule has 1 aromatic carbocycles. The van der Waals surface area contributed by atoms with Gasteiger partial charge in [-0.25, -0.2) is 4.98 Å². The fourth-order valence-corrected chi connectivity index (χ4v) is 4.24. The van der Waals surface area contributed by atoms with Gasteiger partial charge < -0.3 is 25.1 Å². The molecule has 0 unspecified atom stereocenters. The molecule has 3 N–H and O–H groups in total. The number of hydrogen-bond acceptors (Lipinski definition) is 9. The molecule has 2 rings (SSSR count). The quantitative estimate of drug-likeness (QED) is 0.226. The minimum atomic E-state index is -1.35. The molecule has 12 heteroatoms. The highest BCUT2D eigenvalue weighted by molar-refractivity contribution is 6.53. The lowest BCUT2D eigenvalue weighted by Gasteiger charge is -2.35. The molecule has 0 bridgehead atoms. The van der Waals surface area contributed by atoms with Crippen molar-refractivity contribution in [3.8, 4) is 11.3 Å². The van der Waals surface area contributed by atoms with Crippen molar-refractivity contribution in [3.05, 3.63) is 54.2 Å². The maximum Gasteiger partial charge on any atom is 0.475 e. The third-order valence-corrected chi connectivity index (χ3v) is 6.76. The normalized spacial score (nSPS) is 14.1. The number of pyridine rings is 1. The van der Waals surface area contributed by atoms with Crippen molar-refractivity contribution in [3.63, 3.8) is 0 Å². The molecular weight excluding hydrogens is 539 g/mol. The lowest BCUT2D eigenvalue weighted by molar-refractivity contribution is -0.146. The summed E-state index contributed by atoms with van der Waals surface area (Å²) in [5, 5.41) is 16.0. The maximum absolute atomic E-state index is 13.6. The summed E-state index contributed by atoms with van der Waals surface area (Å²) >= 11 is 0. The third kappa shape index (κ3) is 9.66. The molecule has 228 valence electrons. The number of nitrogens with zero attached hydrogens (tertiary/aromatic N) is 2. The van der Waals surface area contributed by atoms with E-state index in [9.17, 15) is 24.3 Å². The number of benzene rings is 1. The largest absolute Gasteiger partial charge is 0.518 e. The van der Waals surface area contributed by atoms with Crippen LogP contribution < -0.4 is 10.6 Å². The van der Waals surface area contributed by atoms with Crippen LogP contribution in [-0.4, -0.2) is 84.0 Å². The van der Waals surface area contributed by atoms with Gasteiger partial charge in [0.05, 0.1) is 30.9 Å². The van der Waals surface area contributed by atoms with Crippen LogP contribution >= 0.6 is 0 Å². The number of nitrogens with one attached hydrogen (secondary N) is 2. The monoisotopic (exact) mass is 582 g/mol. The van der Waals surface area contributed by atoms with E-state index in [0.29, 0.717) is 12.1 Å². The molecule has 0 saturated carbocycles. The van der Waals surface area contributed by atoms with Crippen LogP contribution in [0.25, 0.3) is 11.3 Å². The summed E-state index contributed by atoms with van der Waals surface area (Å²) in [5.41, 5.74) is 1.47. The Kier molecular flexibility index (Phi) is 13.1. The number of aromatic nitrogens is 1. The van der Waals surface area contributed by atoms with Gasteiger partial charge in [-0.15, -0.1) is 0 Å². The SMILES string of the molecule is COC(=O)[C@H](C)N(C)B(OC(=O)C(C)C)[C@H](CC(C)C)NC(=O)[C@@H](NC(=O)c1cccc(-c2ccccc2)n1)[C@@H](C)O. The van der Waals surface area contributed by atoms with Crippen molar-refractivity contribution in [1.29, 1.82) is 0 Å². The number of hydrogen-bond donors (Lipinski definition) is 3. The fourth-order valence-electron chi connectivity index (χ4n) is 4.24. The highest BCUT2D eigenvalue weighted by atomic mass is 16.5. The third-order valence-electron chi connectivity index (χ3n) is 6.76. The zero-order chi connectivity index (χ0) is 31.6. The van der Waals surface area contributed by atoms with Crippen molar-refractivity contribution >= 4 is 30.8 Å². The smallest absolute Gasteiger partial charge is 0.475 e. The van der Waals surface area contributed by atoms with E-state index >= 15 is 0 Å². The van der Waals surface area contributed by atoms with E-state index in [1.807, 2.05) is 44.2 Å². The molecule has 42 heavy (non-hydrogen) atoms. The zero-order valence-electron chi connectivity index (χ0n) is 25.7. The molecule has 1 aromatic heterocycles. The van der Waals surface area contributed by atoms with Gasteiger partial charge in [0.15, 0.2) is 0 Å². The number of rotatable bonds is 14. The second-order valence-corrected chi connectivity index (χ2v) is 11.1. The summed E-state index contributed by atoms with van der Waals surface area (Å²) < 4.78 is 10.7. The number of ether oxygens (including phenoxy) is 1. The summed E-state index contributed by atoms with van der Waals surface area (Å²) in [4.78, 5) is 57.7. The summed E-state index contributed by atoms with van der Waals surface area (Å²) in [6.07, 6.45) is -0.907. The van der Waals surface area contributed by atoms with Crippen molar-refractivity contribution in [2.75, 3.05) is 14.2 Å². The molecule has 4 atom stereocenters. The molecule has 0 aliphatic rings. The van der Waals surface area contributed by atoms with Gasteiger partial charge in [0, 0.05) is 11.5 Å². The van der Waals surface area contributed by atoms with Crippen LogP contribution in [0.2, 0.25) is 0 Å². The van der Waals surface area contributed by atoms with Crippen LogP contribution in [0.4, 0.5) is 0 Å². The van der Waals surface area contributed by atoms with Gasteiger partial charge in [-0.05, 0) is 45.4 Å². The van der Waals surface area contributed by atoms with E-state index in [2.05, 4.69) is 15.6 Å². The second kappa shape index (κ2) is 16.0. The Morgan fingerprint density at radius 2 is 1.57 bits per heavy atom. The molecular formula is C30H43BN4O7. The maximum atomic E-state index is 13.6. The summed E-state index contributed by atoms with van der Waals surface area (Å²) in [6.45, 7) is 10.2. The Morgan fingerprint density at radius 1 is 0.929 bits per heavy atom. The van der Waals surface area contributed by atoms with Gasteiger partial charge in [-0.1, -0.05) is 64.1 Å². The topological polar surface area (TPSA) is 147 Å². The summed E-state index contributed by atoms with van der Waals surface area (Å²) in [7, 11) is 1.81. The number of aliphatic hydroxyl groups excluding tert-OH is 1. The standard InChI is InChI=1S/C30H43BN4O7/c1-18(2)17-25(31(42-29(39)19(3)4)35(7)20(5)30(40)41-8)33-28(38)26(21(6)36)34-27(37)24-16-12-15-23(32-24)22-13-10-9-11-14-22/h9-16,18-21,25-26,36H,17H2,1-8H3,(H,33,38)(H,34,37)/t20-,21+,25-,26-/m0/s1. The van der Waals surface area contributed by atoms with Crippen molar-refractivity contribution in [2.45, 2.75) is 72.1 Å². The van der Waals surface area contributed by atoms with E-state index < -0.39 is 60.9 Å². The Bertz CT molecular complexity index is 1210. The second-order valence-electron chi connectivity index (χ2n) is 11.1. The first-order chi connectivity index (χ1) is 19.8. The highest BCUT2D eigenvalue weighted by Gasteiger charge is 2.43. The molecule has 0 saturated heterocycles. The van der Waals surface area contributed by atoms with Crippen molar-refractivity contribution in [1.82, 2.24) is 20.4 Å². The minimum absolute atomic E-state index is 0.0434. The van der Waals surface area contributed by atoms with Crippen LogP contribution in [0.5, 0.6) is 0 Å². The number of likely N-dealkylation sites (N-methyl/N-ethyl adjacent to an activating group) is 1. The zero-order valence-corrected chi connectivity index (χ0v) is 25.7. The molecule has 0 fully saturated rings. The van der Waals surface area contributed by atoms with Gasteiger partial charge in [-0.2, -0.15) is 0 Å². The van der Waals surface area contributed by atoms with Crippen LogP contribution in [0.3, 0.4) is 0 Å². The van der Waals surface area contributed by atoms with Gasteiger partial charge in [0.2, 0.25) is 5.91 Å². The number of carbonyl (C=O) groups is 4. The molecule has 0 spiro atoms. The van der Waals surface area contributed by atoms with E-state index in [4.69, 9.17) is 9.39 Å². The molecule has 2 amide bonds. The predicted octanol–water partition coefficient (Wildman–Crippen LogP) is 2.48. The first-order valence-electron chi connectivity index (χ1n) is 14.1. The molecule has 1 heterocycles. The van der Waals surface area contributed by atoms with Crippen molar-refractivity contribution < 1.29 is 33.7 Å². The minimum Gasteiger partial charge on any atom is -0.518 e. The average molecular weight is 583 g/mol. The van der Waals surface area contributed by atoms with E-state index in [0.717, 1.165) is 5.56 Å². The van der Waals surface area contributed by atoms with Crippen LogP contribution in [0, 0.1) is 11.8 Å². The molecule has 0 aliphatic carbocycles. The molecule has 0 radical (unpaired) electrons. The Labute approximate surface area is 248 Å². The van der Waals surface area contributed by atoms with Crippen molar-refractivity contribution in [2.24, 2.45) is 11.8 Å². The van der Waals surface area contributed by atoms with Gasteiger partial charge in [0.1, 0.15) is 11.7 Å². The lowest BCUT2D eigenvalue weighted by Crippen LogP contribution is -2.63. The number of aliphatic hydroxyl groups is 1. The first-order valence-corrected chi connectivity index (χ1v) is 14.1. The molecule has 2 aromatic rings. The summed E-state index contributed by atoms with van der Waals surface area (Å²) in [5.74, 6) is -3.61. The van der Waals surface area contributed by atoms with Crippen LogP contribution in [-0.2, 0) is 23.8 Å². The number of amides is 2. The van der Waals surface area contributed by atoms with Gasteiger partial charge in [0.25, 0.3) is 11.9 Å². The van der Waals surface area contributed by atoms with E-state index in [-0.39, 0.29) is 11.6 Å². The Balaban J connectivity index is 2.35. The van der Waals surface area contributed by atoms with Gasteiger partial charge in [-0.3, -0.25) is 24.0 Å².